The standard InChI is InChI=1S/C53H37NO/c1-53(2)46-17-9-7-15-43(46)44-28-27-42(33-47(44)53)54(41-25-23-36(24-26-41)39-21-19-34-11-3-5-13-37(34)31-39)48-29-30-50-52(45-16-8-10-18-49(45)55-50)51(48)40-22-20-35-12-4-6-14-38(35)32-40/h3-33H,1-2H3. The lowest BCUT2D eigenvalue weighted by Crippen LogP contribution is -2.17. The summed E-state index contributed by atoms with van der Waals surface area (Å²) in [5, 5.41) is 7.15. The van der Waals surface area contributed by atoms with E-state index in [2.05, 4.69) is 207 Å². The van der Waals surface area contributed by atoms with Crippen molar-refractivity contribution in [2.75, 3.05) is 4.90 Å². The molecule has 0 aliphatic heterocycles. The van der Waals surface area contributed by atoms with Gasteiger partial charge in [-0.25, -0.2) is 0 Å². The Balaban J connectivity index is 1.17. The van der Waals surface area contributed by atoms with Crippen LogP contribution in [0.25, 0.3) is 76.9 Å². The topological polar surface area (TPSA) is 16.4 Å². The molecule has 0 radical (unpaired) electrons. The number of anilines is 3. The van der Waals surface area contributed by atoms with Crippen molar-refractivity contribution in [1.82, 2.24) is 0 Å². The van der Waals surface area contributed by atoms with Crippen LogP contribution in [0.5, 0.6) is 0 Å². The van der Waals surface area contributed by atoms with Crippen LogP contribution in [0.1, 0.15) is 25.0 Å². The van der Waals surface area contributed by atoms with Crippen LogP contribution in [0.2, 0.25) is 0 Å². The highest BCUT2D eigenvalue weighted by Crippen LogP contribution is 2.52. The van der Waals surface area contributed by atoms with Crippen molar-refractivity contribution in [3.8, 4) is 33.4 Å². The van der Waals surface area contributed by atoms with Gasteiger partial charge in [0.15, 0.2) is 0 Å². The van der Waals surface area contributed by atoms with E-state index in [9.17, 15) is 0 Å². The van der Waals surface area contributed by atoms with Gasteiger partial charge in [-0.3, -0.25) is 0 Å². The maximum atomic E-state index is 6.55. The highest BCUT2D eigenvalue weighted by molar-refractivity contribution is 6.17. The molecule has 0 amide bonds. The van der Waals surface area contributed by atoms with Crippen LogP contribution in [0.3, 0.4) is 0 Å². The van der Waals surface area contributed by atoms with E-state index < -0.39 is 0 Å². The largest absolute Gasteiger partial charge is 0.456 e. The van der Waals surface area contributed by atoms with Crippen molar-refractivity contribution < 1.29 is 4.42 Å². The highest BCUT2D eigenvalue weighted by Gasteiger charge is 2.36. The Kier molecular flexibility index (Phi) is 6.93. The first kappa shape index (κ1) is 31.6. The lowest BCUT2D eigenvalue weighted by Gasteiger charge is -2.30. The highest BCUT2D eigenvalue weighted by atomic mass is 16.3. The number of furan rings is 1. The van der Waals surface area contributed by atoms with Crippen molar-refractivity contribution in [2.24, 2.45) is 0 Å². The van der Waals surface area contributed by atoms with E-state index in [4.69, 9.17) is 4.42 Å². The van der Waals surface area contributed by atoms with E-state index in [1.54, 1.807) is 0 Å². The predicted octanol–water partition coefficient (Wildman–Crippen LogP) is 15.0. The van der Waals surface area contributed by atoms with E-state index in [1.165, 1.54) is 54.9 Å². The number of nitrogens with zero attached hydrogens (tertiary/aromatic N) is 1. The smallest absolute Gasteiger partial charge is 0.136 e. The molecule has 9 aromatic carbocycles. The zero-order valence-electron chi connectivity index (χ0n) is 30.8. The summed E-state index contributed by atoms with van der Waals surface area (Å²) in [6.07, 6.45) is 0. The molecule has 11 rings (SSSR count). The van der Waals surface area contributed by atoms with Gasteiger partial charge in [0.2, 0.25) is 0 Å². The molecule has 0 saturated heterocycles. The van der Waals surface area contributed by atoms with Gasteiger partial charge in [-0.1, -0.05) is 147 Å². The average molecular weight is 704 g/mol. The first-order valence-corrected chi connectivity index (χ1v) is 19.1. The Morgan fingerprint density at radius 2 is 1.02 bits per heavy atom. The minimum atomic E-state index is -0.139. The molecule has 260 valence electrons. The summed E-state index contributed by atoms with van der Waals surface area (Å²) in [5.74, 6) is 0. The zero-order valence-corrected chi connectivity index (χ0v) is 30.8. The molecule has 2 nitrogen and oxygen atoms in total. The van der Waals surface area contributed by atoms with Crippen LogP contribution >= 0.6 is 0 Å². The monoisotopic (exact) mass is 703 g/mol. The van der Waals surface area contributed by atoms with E-state index in [1.807, 2.05) is 0 Å². The van der Waals surface area contributed by atoms with E-state index in [-0.39, 0.29) is 5.41 Å². The molecule has 1 aliphatic carbocycles. The van der Waals surface area contributed by atoms with Gasteiger partial charge in [-0.05, 0) is 115 Å². The molecule has 0 saturated carbocycles. The second-order valence-electron chi connectivity index (χ2n) is 15.3. The normalized spacial score (nSPS) is 13.1. The number of para-hydroxylation sites is 1. The van der Waals surface area contributed by atoms with Gasteiger partial charge in [0.05, 0.1) is 5.69 Å². The fraction of sp³-hybridized carbons (Fsp3) is 0.0566. The number of hydrogen-bond acceptors (Lipinski definition) is 2. The summed E-state index contributed by atoms with van der Waals surface area (Å²) in [6.45, 7) is 4.71. The maximum absolute atomic E-state index is 6.55. The lowest BCUT2D eigenvalue weighted by molar-refractivity contribution is 0.660. The SMILES string of the molecule is CC1(C)c2ccccc2-c2ccc(N(c3ccc(-c4ccc5ccccc5c4)cc3)c3ccc4oc5ccccc5c4c3-c3ccc4ccccc4c3)cc21. The van der Waals surface area contributed by atoms with Crippen molar-refractivity contribution >= 4 is 60.5 Å². The summed E-state index contributed by atoms with van der Waals surface area (Å²) in [5.41, 5.74) is 15.0. The van der Waals surface area contributed by atoms with Crippen molar-refractivity contribution in [1.29, 1.82) is 0 Å². The van der Waals surface area contributed by atoms with E-state index in [0.29, 0.717) is 0 Å². The van der Waals surface area contributed by atoms with Crippen LogP contribution in [0.15, 0.2) is 192 Å². The Labute approximate surface area is 320 Å². The first-order chi connectivity index (χ1) is 27.0. The summed E-state index contributed by atoms with van der Waals surface area (Å²) in [4.78, 5) is 2.45. The molecule has 2 heteroatoms. The molecule has 0 fully saturated rings. The predicted molar refractivity (Wildman–Crippen MR) is 232 cm³/mol. The second-order valence-corrected chi connectivity index (χ2v) is 15.3. The summed E-state index contributed by atoms with van der Waals surface area (Å²) < 4.78 is 6.55. The molecule has 0 N–H and O–H groups in total. The molecule has 10 aromatic rings. The summed E-state index contributed by atoms with van der Waals surface area (Å²) in [7, 11) is 0. The minimum absolute atomic E-state index is 0.139. The lowest BCUT2D eigenvalue weighted by atomic mass is 9.82. The third-order valence-corrected chi connectivity index (χ3v) is 11.8. The molecule has 1 heterocycles. The van der Waals surface area contributed by atoms with E-state index >= 15 is 0 Å². The Morgan fingerprint density at radius 1 is 0.418 bits per heavy atom. The van der Waals surface area contributed by atoms with Gasteiger partial charge in [0.25, 0.3) is 0 Å². The fourth-order valence-corrected chi connectivity index (χ4v) is 9.06. The minimum Gasteiger partial charge on any atom is -0.456 e. The van der Waals surface area contributed by atoms with Gasteiger partial charge in [-0.2, -0.15) is 0 Å². The summed E-state index contributed by atoms with van der Waals surface area (Å²) >= 11 is 0. The number of hydrogen-bond donors (Lipinski definition) is 0. The van der Waals surface area contributed by atoms with Crippen molar-refractivity contribution in [3.63, 3.8) is 0 Å². The van der Waals surface area contributed by atoms with Crippen LogP contribution in [-0.4, -0.2) is 0 Å². The molecule has 1 aliphatic rings. The molecule has 1 aromatic heterocycles. The molecular weight excluding hydrogens is 667 g/mol. The van der Waals surface area contributed by atoms with Crippen LogP contribution in [0.4, 0.5) is 17.1 Å². The second kappa shape index (κ2) is 12.1. The molecule has 0 spiro atoms. The average Bonchev–Trinajstić information content (AvgIpc) is 3.72. The molecular formula is C53H37NO. The Morgan fingerprint density at radius 3 is 1.80 bits per heavy atom. The quantitative estimate of drug-likeness (QED) is 0.177. The van der Waals surface area contributed by atoms with Crippen molar-refractivity contribution in [3.05, 3.63) is 199 Å². The summed E-state index contributed by atoms with van der Waals surface area (Å²) in [6, 6.07) is 68.6. The third kappa shape index (κ3) is 4.95. The van der Waals surface area contributed by atoms with Crippen molar-refractivity contribution in [2.45, 2.75) is 19.3 Å². The van der Waals surface area contributed by atoms with Gasteiger partial charge in [0, 0.05) is 33.1 Å². The number of rotatable bonds is 5. The van der Waals surface area contributed by atoms with Gasteiger partial charge in [-0.15, -0.1) is 0 Å². The van der Waals surface area contributed by atoms with Crippen LogP contribution < -0.4 is 4.90 Å². The molecule has 0 atom stereocenters. The van der Waals surface area contributed by atoms with Crippen LogP contribution in [-0.2, 0) is 5.41 Å². The van der Waals surface area contributed by atoms with Gasteiger partial charge in [0.1, 0.15) is 11.2 Å². The van der Waals surface area contributed by atoms with Gasteiger partial charge >= 0.3 is 0 Å². The molecule has 0 unspecified atom stereocenters. The third-order valence-electron chi connectivity index (χ3n) is 11.8. The van der Waals surface area contributed by atoms with Gasteiger partial charge < -0.3 is 9.32 Å². The molecule has 55 heavy (non-hydrogen) atoms. The zero-order chi connectivity index (χ0) is 36.7. The fourth-order valence-electron chi connectivity index (χ4n) is 9.06. The van der Waals surface area contributed by atoms with Crippen LogP contribution in [0, 0.1) is 0 Å². The van der Waals surface area contributed by atoms with E-state index in [0.717, 1.165) is 50.1 Å². The number of fused-ring (bicyclic) bond motifs is 8. The Bertz CT molecular complexity index is 3130. The Hall–Kier alpha value is -6.90. The molecule has 0 bridgehead atoms. The first-order valence-electron chi connectivity index (χ1n) is 19.1. The maximum Gasteiger partial charge on any atom is 0.136 e. The number of benzene rings is 9.